The van der Waals surface area contributed by atoms with Crippen LogP contribution >= 0.6 is 11.8 Å². The Hall–Kier alpha value is -1.29. The monoisotopic (exact) mass is 309 g/mol. The highest BCUT2D eigenvalue weighted by Crippen LogP contribution is 2.27. The van der Waals surface area contributed by atoms with Gasteiger partial charge in [-0.05, 0) is 32.9 Å². The summed E-state index contributed by atoms with van der Waals surface area (Å²) in [6, 6.07) is 1.84. The molecule has 0 radical (unpaired) electrons. The van der Waals surface area contributed by atoms with Gasteiger partial charge in [-0.25, -0.2) is 4.79 Å². The molecule has 0 amide bonds. The van der Waals surface area contributed by atoms with Gasteiger partial charge in [0.05, 0.1) is 16.6 Å². The molecule has 118 valence electrons. The predicted octanol–water partition coefficient (Wildman–Crippen LogP) is 3.50. The largest absolute Gasteiger partial charge is 0.423 e. The minimum Gasteiger partial charge on any atom is -0.423 e. The summed E-state index contributed by atoms with van der Waals surface area (Å²) in [7, 11) is 0. The molecule has 0 bridgehead atoms. The van der Waals surface area contributed by atoms with Crippen molar-refractivity contribution in [3.63, 3.8) is 0 Å². The van der Waals surface area contributed by atoms with E-state index in [0.29, 0.717) is 11.0 Å². The average molecular weight is 309 g/mol. The van der Waals surface area contributed by atoms with Crippen LogP contribution in [0.5, 0.6) is 0 Å². The second-order valence-electron chi connectivity index (χ2n) is 3.86. The average Bonchev–Trinajstić information content (AvgIpc) is 2.97. The molecule has 0 N–H and O–H groups in total. The Labute approximate surface area is 131 Å². The lowest BCUT2D eigenvalue weighted by molar-refractivity contribution is 0.460. The molecular formula is C17H27NO2S. The zero-order chi connectivity index (χ0) is 16.4. The lowest BCUT2D eigenvalue weighted by Crippen LogP contribution is -2.31. The molecule has 3 nitrogen and oxygen atoms in total. The van der Waals surface area contributed by atoms with Crippen molar-refractivity contribution in [3.05, 3.63) is 32.7 Å². The number of hydrogen-bond acceptors (Lipinski definition) is 4. The summed E-state index contributed by atoms with van der Waals surface area (Å²) in [6.07, 6.45) is 3.75. The van der Waals surface area contributed by atoms with Gasteiger partial charge in [0.2, 0.25) is 0 Å². The van der Waals surface area contributed by atoms with E-state index < -0.39 is 0 Å². The topological polar surface area (TPSA) is 42.6 Å². The Morgan fingerprint density at radius 1 is 1.24 bits per heavy atom. The van der Waals surface area contributed by atoms with E-state index >= 15 is 0 Å². The molecule has 21 heavy (non-hydrogen) atoms. The number of rotatable bonds is 1. The Bertz CT molecular complexity index is 629. The van der Waals surface area contributed by atoms with Gasteiger partial charge in [0.25, 0.3) is 0 Å². The third kappa shape index (κ3) is 5.20. The minimum atomic E-state index is -0.271. The molecule has 1 aliphatic rings. The van der Waals surface area contributed by atoms with E-state index in [1.807, 2.05) is 60.6 Å². The van der Waals surface area contributed by atoms with E-state index in [0.717, 1.165) is 16.0 Å². The van der Waals surface area contributed by atoms with Gasteiger partial charge in [-0.3, -0.25) is 4.99 Å². The predicted molar refractivity (Wildman–Crippen MR) is 95.5 cm³/mol. The summed E-state index contributed by atoms with van der Waals surface area (Å²) in [5.41, 5.74) is 1.02. The van der Waals surface area contributed by atoms with Crippen molar-refractivity contribution in [2.24, 2.45) is 4.99 Å². The van der Waals surface area contributed by atoms with Crippen molar-refractivity contribution >= 4 is 29.0 Å². The van der Waals surface area contributed by atoms with E-state index in [9.17, 15) is 4.79 Å². The second-order valence-corrected chi connectivity index (χ2v) is 5.07. The maximum Gasteiger partial charge on any atom is 0.341 e. The summed E-state index contributed by atoms with van der Waals surface area (Å²) >= 11 is 1.68. The fourth-order valence-corrected chi connectivity index (χ4v) is 2.71. The van der Waals surface area contributed by atoms with Crippen LogP contribution in [0.3, 0.4) is 0 Å². The quantitative estimate of drug-likeness (QED) is 0.797. The van der Waals surface area contributed by atoms with Gasteiger partial charge in [-0.2, -0.15) is 0 Å². The molecule has 1 unspecified atom stereocenters. The molecule has 1 atom stereocenters. The molecule has 0 spiro atoms. The molecular weight excluding hydrogens is 282 g/mol. The first kappa shape index (κ1) is 19.7. The van der Waals surface area contributed by atoms with E-state index in [2.05, 4.69) is 4.99 Å². The molecule has 1 aliphatic heterocycles. The van der Waals surface area contributed by atoms with Crippen LogP contribution in [0.1, 0.15) is 60.1 Å². The second kappa shape index (κ2) is 10.4. The van der Waals surface area contributed by atoms with Crippen molar-refractivity contribution < 1.29 is 4.42 Å². The van der Waals surface area contributed by atoms with Crippen LogP contribution in [0.25, 0.3) is 12.2 Å². The zero-order valence-corrected chi connectivity index (χ0v) is 15.0. The Morgan fingerprint density at radius 3 is 2.29 bits per heavy atom. The van der Waals surface area contributed by atoms with Gasteiger partial charge in [-0.1, -0.05) is 33.8 Å². The maximum atomic E-state index is 11.9. The molecule has 4 heteroatoms. The number of aliphatic imine (C=N–C) groups is 1. The SMILES string of the molecule is C/C=c1/cc(C2CSC(C)=N2)c(=O)o/c1=C/C.CC.CC. The lowest BCUT2D eigenvalue weighted by Gasteiger charge is -2.04. The highest BCUT2D eigenvalue weighted by molar-refractivity contribution is 8.14. The van der Waals surface area contributed by atoms with Gasteiger partial charge in [0.15, 0.2) is 0 Å². The zero-order valence-electron chi connectivity index (χ0n) is 14.2. The van der Waals surface area contributed by atoms with E-state index in [4.69, 9.17) is 4.42 Å². The number of thioether (sulfide) groups is 1. The molecule has 2 heterocycles. The van der Waals surface area contributed by atoms with E-state index in [1.165, 1.54) is 0 Å². The Morgan fingerprint density at radius 2 is 1.86 bits per heavy atom. The van der Waals surface area contributed by atoms with Crippen LogP contribution in [-0.2, 0) is 0 Å². The van der Waals surface area contributed by atoms with Crippen molar-refractivity contribution in [3.8, 4) is 0 Å². The van der Waals surface area contributed by atoms with Crippen LogP contribution in [0.15, 0.2) is 20.3 Å². The van der Waals surface area contributed by atoms with Gasteiger partial charge in [-0.15, -0.1) is 11.8 Å². The third-order valence-corrected chi connectivity index (χ3v) is 3.76. The summed E-state index contributed by atoms with van der Waals surface area (Å²) in [5.74, 6) is 0.828. The summed E-state index contributed by atoms with van der Waals surface area (Å²) in [5, 5.41) is 1.98. The smallest absolute Gasteiger partial charge is 0.341 e. The third-order valence-electron chi connectivity index (χ3n) is 2.75. The molecule has 0 aromatic carbocycles. The van der Waals surface area contributed by atoms with Gasteiger partial charge >= 0.3 is 5.63 Å². The van der Waals surface area contributed by atoms with Crippen molar-refractivity contribution in [2.45, 2.75) is 54.5 Å². The fourth-order valence-electron chi connectivity index (χ4n) is 1.85. The summed E-state index contributed by atoms with van der Waals surface area (Å²) in [4.78, 5) is 16.3. The van der Waals surface area contributed by atoms with Gasteiger partial charge in [0.1, 0.15) is 5.42 Å². The molecule has 2 rings (SSSR count). The van der Waals surface area contributed by atoms with Crippen molar-refractivity contribution in [2.75, 3.05) is 5.75 Å². The molecule has 0 fully saturated rings. The van der Waals surface area contributed by atoms with Crippen LogP contribution in [0.4, 0.5) is 0 Å². The standard InChI is InChI=1S/C13H15NO2S.2C2H6/c1-4-9-6-10(11-7-17-8(3)14-11)13(15)16-12(9)5-2;2*1-2/h4-6,11H,7H2,1-3H3;2*1-2H3/b9-4-,12-5+;;. The van der Waals surface area contributed by atoms with Crippen LogP contribution < -0.4 is 16.3 Å². The Balaban J connectivity index is 0.000000921. The first-order valence-corrected chi connectivity index (χ1v) is 8.58. The van der Waals surface area contributed by atoms with Gasteiger partial charge < -0.3 is 4.42 Å². The van der Waals surface area contributed by atoms with E-state index in [-0.39, 0.29) is 11.7 Å². The summed E-state index contributed by atoms with van der Waals surface area (Å²) in [6.45, 7) is 13.8. The minimum absolute atomic E-state index is 0.0548. The summed E-state index contributed by atoms with van der Waals surface area (Å²) < 4.78 is 5.31. The maximum absolute atomic E-state index is 11.9. The number of nitrogens with zero attached hydrogens (tertiary/aromatic N) is 1. The molecule has 1 aromatic heterocycles. The van der Waals surface area contributed by atoms with Crippen molar-refractivity contribution in [1.82, 2.24) is 0 Å². The first-order chi connectivity index (χ1) is 10.2. The molecule has 0 saturated carbocycles. The van der Waals surface area contributed by atoms with E-state index in [1.54, 1.807) is 17.8 Å². The molecule has 1 aromatic rings. The number of hydrogen-bond donors (Lipinski definition) is 0. The lowest BCUT2D eigenvalue weighted by atomic mass is 10.1. The highest BCUT2D eigenvalue weighted by atomic mass is 32.2. The highest BCUT2D eigenvalue weighted by Gasteiger charge is 2.21. The van der Waals surface area contributed by atoms with Crippen LogP contribution in [0, 0.1) is 0 Å². The molecule has 0 saturated heterocycles. The Kier molecular flexibility index (Phi) is 9.80. The van der Waals surface area contributed by atoms with Crippen LogP contribution in [0.2, 0.25) is 0 Å². The normalized spacial score (nSPS) is 18.4. The van der Waals surface area contributed by atoms with Crippen molar-refractivity contribution in [1.29, 1.82) is 0 Å². The fraction of sp³-hybridized carbons (Fsp3) is 0.529. The van der Waals surface area contributed by atoms with Gasteiger partial charge in [0, 0.05) is 11.0 Å². The first-order valence-electron chi connectivity index (χ1n) is 7.59. The van der Waals surface area contributed by atoms with Crippen LogP contribution in [-0.4, -0.2) is 10.8 Å². The molecule has 0 aliphatic carbocycles.